The molecule has 0 rings (SSSR count). The van der Waals surface area contributed by atoms with E-state index in [1.165, 1.54) is 0 Å². The Labute approximate surface area is 108 Å². The minimum atomic E-state index is -4.67. The molecular weight excluding hydrogens is 256 g/mol. The molecule has 0 aromatic heterocycles. The van der Waals surface area contributed by atoms with Crippen molar-refractivity contribution >= 4 is 59.3 Å². The summed E-state index contributed by atoms with van der Waals surface area (Å²) in [6.45, 7) is 0. The summed E-state index contributed by atoms with van der Waals surface area (Å²) < 4.78 is 31.6. The molecule has 0 aromatic rings. The van der Waals surface area contributed by atoms with Crippen LogP contribution in [0.1, 0.15) is 4.28 Å². The van der Waals surface area contributed by atoms with Gasteiger partial charge in [-0.3, -0.25) is 9.11 Å². The molecule has 0 aliphatic carbocycles. The standard InChI is InChI=1S/Ba.Na.H2O4S.3H/c;;1-5(2,3)4;;;/h;;(H2,1,2,3,4);;;/q+2;+1;;3*-1. The van der Waals surface area contributed by atoms with E-state index in [1.807, 2.05) is 0 Å². The van der Waals surface area contributed by atoms with Crippen LogP contribution in [0.5, 0.6) is 0 Å². The van der Waals surface area contributed by atoms with Gasteiger partial charge in [-0.2, -0.15) is 8.42 Å². The van der Waals surface area contributed by atoms with Crippen molar-refractivity contribution in [3.8, 4) is 0 Å². The Kier molecular flexibility index (Phi) is 15.2. The SMILES string of the molecule is O=S(=O)(O)O.[Ba+2].[H-].[H-].[H-].[Na+]. The van der Waals surface area contributed by atoms with Crippen molar-refractivity contribution < 1.29 is 51.4 Å². The summed E-state index contributed by atoms with van der Waals surface area (Å²) in [7, 11) is -4.67. The van der Waals surface area contributed by atoms with E-state index in [9.17, 15) is 0 Å². The van der Waals surface area contributed by atoms with Crippen LogP contribution in [-0.4, -0.2) is 66.4 Å². The first-order valence-electron chi connectivity index (χ1n) is 0.698. The Hall–Kier alpha value is 2.44. The summed E-state index contributed by atoms with van der Waals surface area (Å²) in [4.78, 5) is 0. The molecule has 7 heavy (non-hydrogen) atoms. The van der Waals surface area contributed by atoms with Crippen molar-refractivity contribution in [2.75, 3.05) is 0 Å². The molecule has 0 radical (unpaired) electrons. The molecule has 4 nitrogen and oxygen atoms in total. The Bertz CT molecular complexity index is 104. The summed E-state index contributed by atoms with van der Waals surface area (Å²) in [6.07, 6.45) is 0. The molecule has 7 heteroatoms. The zero-order chi connectivity index (χ0) is 4.50. The molecule has 0 aliphatic rings. The fraction of sp³-hybridized carbons (Fsp3) is 0. The van der Waals surface area contributed by atoms with E-state index in [1.54, 1.807) is 0 Å². The van der Waals surface area contributed by atoms with Crippen LogP contribution in [0, 0.1) is 0 Å². The minimum Gasteiger partial charge on any atom is -1.00 e. The summed E-state index contributed by atoms with van der Waals surface area (Å²) >= 11 is 0. The molecule has 0 aliphatic heterocycles. The van der Waals surface area contributed by atoms with Crippen LogP contribution in [0.3, 0.4) is 0 Å². The monoisotopic (exact) mass is 262 g/mol. The van der Waals surface area contributed by atoms with Crippen molar-refractivity contribution in [1.82, 2.24) is 0 Å². The molecule has 0 spiro atoms. The van der Waals surface area contributed by atoms with Crippen LogP contribution in [0.25, 0.3) is 0 Å². The maximum Gasteiger partial charge on any atom is 2.00 e. The largest absolute Gasteiger partial charge is 2.00 e. The van der Waals surface area contributed by atoms with E-state index in [2.05, 4.69) is 0 Å². The molecular formula is H5BaNaO4S. The zero-order valence-corrected chi connectivity index (χ0v) is 11.1. The fourth-order valence-electron chi connectivity index (χ4n) is 0. The molecule has 2 N–H and O–H groups in total. The summed E-state index contributed by atoms with van der Waals surface area (Å²) in [6, 6.07) is 0. The number of hydrogen-bond donors (Lipinski definition) is 2. The van der Waals surface area contributed by atoms with Crippen LogP contribution in [0.2, 0.25) is 0 Å². The third-order valence-corrected chi connectivity index (χ3v) is 0. The maximum atomic E-state index is 8.74. The molecule has 0 unspecified atom stereocenters. The van der Waals surface area contributed by atoms with Crippen molar-refractivity contribution in [2.45, 2.75) is 0 Å². The van der Waals surface area contributed by atoms with Crippen molar-refractivity contribution in [1.29, 1.82) is 0 Å². The fourth-order valence-corrected chi connectivity index (χ4v) is 0. The molecule has 38 valence electrons. The average molecular weight is 261 g/mol. The van der Waals surface area contributed by atoms with Gasteiger partial charge in [0.05, 0.1) is 0 Å². The van der Waals surface area contributed by atoms with E-state index in [0.717, 1.165) is 0 Å². The van der Waals surface area contributed by atoms with Gasteiger partial charge in [0.2, 0.25) is 0 Å². The zero-order valence-electron chi connectivity index (χ0n) is 6.83. The van der Waals surface area contributed by atoms with Gasteiger partial charge in [0.25, 0.3) is 0 Å². The first-order chi connectivity index (χ1) is 2.00. The van der Waals surface area contributed by atoms with Crippen molar-refractivity contribution in [2.24, 2.45) is 0 Å². The molecule has 0 saturated carbocycles. The van der Waals surface area contributed by atoms with Gasteiger partial charge in [0.15, 0.2) is 0 Å². The van der Waals surface area contributed by atoms with E-state index < -0.39 is 10.4 Å². The van der Waals surface area contributed by atoms with E-state index in [4.69, 9.17) is 17.5 Å². The predicted molar refractivity (Wildman–Crippen MR) is 23.3 cm³/mol. The van der Waals surface area contributed by atoms with Gasteiger partial charge >= 0.3 is 88.8 Å². The van der Waals surface area contributed by atoms with Gasteiger partial charge in [-0.15, -0.1) is 0 Å². The van der Waals surface area contributed by atoms with E-state index >= 15 is 0 Å². The minimum absolute atomic E-state index is 0. The summed E-state index contributed by atoms with van der Waals surface area (Å²) in [5.41, 5.74) is 0. The Balaban J connectivity index is -0.00000000800. The van der Waals surface area contributed by atoms with Gasteiger partial charge in [0.1, 0.15) is 0 Å². The third kappa shape index (κ3) is 58.8. The predicted octanol–water partition coefficient (Wildman–Crippen LogP) is -3.69. The average Bonchev–Trinajstić information content (AvgIpc) is 0.722. The van der Waals surface area contributed by atoms with Crippen LogP contribution in [-0.2, 0) is 10.4 Å². The quantitative estimate of drug-likeness (QED) is 0.348. The molecule has 0 amide bonds. The Morgan fingerprint density at radius 1 is 1.29 bits per heavy atom. The van der Waals surface area contributed by atoms with E-state index in [-0.39, 0.29) is 82.7 Å². The second-order valence-corrected chi connectivity index (χ2v) is 1.34. The summed E-state index contributed by atoms with van der Waals surface area (Å²) in [5, 5.41) is 0. The van der Waals surface area contributed by atoms with Gasteiger partial charge in [0, 0.05) is 0 Å². The van der Waals surface area contributed by atoms with Crippen LogP contribution in [0.4, 0.5) is 0 Å². The second-order valence-electron chi connectivity index (χ2n) is 0.448. The molecule has 0 bridgehead atoms. The van der Waals surface area contributed by atoms with Crippen LogP contribution in [0.15, 0.2) is 0 Å². The van der Waals surface area contributed by atoms with Crippen LogP contribution >= 0.6 is 0 Å². The number of hydrogen-bond acceptors (Lipinski definition) is 2. The molecule has 0 fully saturated rings. The van der Waals surface area contributed by atoms with Gasteiger partial charge in [-0.05, 0) is 0 Å². The first-order valence-corrected chi connectivity index (χ1v) is 2.10. The van der Waals surface area contributed by atoms with Crippen molar-refractivity contribution in [3.63, 3.8) is 0 Å². The van der Waals surface area contributed by atoms with Gasteiger partial charge < -0.3 is 4.28 Å². The Morgan fingerprint density at radius 2 is 1.29 bits per heavy atom. The Morgan fingerprint density at radius 3 is 1.29 bits per heavy atom. The number of rotatable bonds is 0. The third-order valence-electron chi connectivity index (χ3n) is 0. The molecule has 0 atom stereocenters. The van der Waals surface area contributed by atoms with E-state index in [0.29, 0.717) is 0 Å². The normalized spacial score (nSPS) is 8.29. The molecule has 0 heterocycles. The molecule has 0 saturated heterocycles. The maximum absolute atomic E-state index is 8.74. The van der Waals surface area contributed by atoms with Gasteiger partial charge in [-0.1, -0.05) is 0 Å². The van der Waals surface area contributed by atoms with Crippen LogP contribution < -0.4 is 29.6 Å². The molecule has 0 aromatic carbocycles. The van der Waals surface area contributed by atoms with Gasteiger partial charge in [-0.25, -0.2) is 0 Å². The second kappa shape index (κ2) is 6.56. The smallest absolute Gasteiger partial charge is 1.00 e. The first kappa shape index (κ1) is 16.2. The summed E-state index contributed by atoms with van der Waals surface area (Å²) in [5.74, 6) is 0. The topological polar surface area (TPSA) is 74.6 Å². The van der Waals surface area contributed by atoms with Crippen molar-refractivity contribution in [3.05, 3.63) is 0 Å².